The molecule has 0 heterocycles. The Balaban J connectivity index is 2.57. The van der Waals surface area contributed by atoms with Gasteiger partial charge in [0.1, 0.15) is 6.04 Å². The third-order valence-corrected chi connectivity index (χ3v) is 2.98. The molecule has 0 bridgehead atoms. The third-order valence-electron chi connectivity index (χ3n) is 2.98. The van der Waals surface area contributed by atoms with Gasteiger partial charge in [0, 0.05) is 6.42 Å². The number of amides is 3. The van der Waals surface area contributed by atoms with Gasteiger partial charge in [-0.3, -0.25) is 14.4 Å². The van der Waals surface area contributed by atoms with Crippen LogP contribution < -0.4 is 16.0 Å². The lowest BCUT2D eigenvalue weighted by Gasteiger charge is -2.17. The largest absolute Gasteiger partial charge is 0.464 e. The van der Waals surface area contributed by atoms with Crippen LogP contribution in [0.15, 0.2) is 30.3 Å². The van der Waals surface area contributed by atoms with Gasteiger partial charge in [-0.2, -0.15) is 0 Å². The van der Waals surface area contributed by atoms with Crippen LogP contribution in [0.4, 0.5) is 0 Å². The second-order valence-electron chi connectivity index (χ2n) is 4.84. The second-order valence-corrected chi connectivity index (χ2v) is 4.84. The maximum Gasteiger partial charge on any atom is 0.328 e. The van der Waals surface area contributed by atoms with Crippen molar-refractivity contribution in [1.82, 2.24) is 16.0 Å². The van der Waals surface area contributed by atoms with E-state index < -0.39 is 23.8 Å². The van der Waals surface area contributed by atoms with E-state index in [1.54, 1.807) is 6.92 Å². The van der Waals surface area contributed by atoms with Crippen molar-refractivity contribution >= 4 is 24.2 Å². The molecule has 0 saturated carbocycles. The zero-order valence-electron chi connectivity index (χ0n) is 13.4. The molecule has 1 aromatic rings. The lowest BCUT2D eigenvalue weighted by atomic mass is 10.1. The molecule has 1 unspecified atom stereocenters. The Kier molecular flexibility index (Phi) is 8.59. The zero-order chi connectivity index (χ0) is 17.8. The molecular formula is C16H21N3O5. The number of carbonyl (C=O) groups is 4. The van der Waals surface area contributed by atoms with Crippen LogP contribution in [-0.2, 0) is 30.3 Å². The highest BCUT2D eigenvalue weighted by Gasteiger charge is 2.22. The minimum Gasteiger partial charge on any atom is -0.464 e. The maximum atomic E-state index is 12.0. The monoisotopic (exact) mass is 335 g/mol. The van der Waals surface area contributed by atoms with E-state index in [-0.39, 0.29) is 26.1 Å². The molecule has 1 aromatic carbocycles. The molecule has 0 aromatic heterocycles. The Morgan fingerprint density at radius 1 is 1.12 bits per heavy atom. The van der Waals surface area contributed by atoms with Crippen LogP contribution in [0.5, 0.6) is 0 Å². The molecule has 0 fully saturated rings. The van der Waals surface area contributed by atoms with Gasteiger partial charge < -0.3 is 20.7 Å². The number of esters is 1. The van der Waals surface area contributed by atoms with Crippen LogP contribution in [0.2, 0.25) is 0 Å². The van der Waals surface area contributed by atoms with E-state index in [1.165, 1.54) is 0 Å². The molecule has 1 atom stereocenters. The van der Waals surface area contributed by atoms with Gasteiger partial charge in [0.2, 0.25) is 18.2 Å². The highest BCUT2D eigenvalue weighted by molar-refractivity contribution is 5.89. The summed E-state index contributed by atoms with van der Waals surface area (Å²) in [6, 6.07) is 8.35. The lowest BCUT2D eigenvalue weighted by Crippen LogP contribution is -2.48. The summed E-state index contributed by atoms with van der Waals surface area (Å²) in [6.45, 7) is 1.36. The molecule has 0 spiro atoms. The molecule has 0 aliphatic carbocycles. The van der Waals surface area contributed by atoms with Crippen LogP contribution in [0.3, 0.4) is 0 Å². The van der Waals surface area contributed by atoms with Gasteiger partial charge in [-0.25, -0.2) is 4.79 Å². The molecule has 0 aliphatic rings. The van der Waals surface area contributed by atoms with Gasteiger partial charge >= 0.3 is 5.97 Å². The van der Waals surface area contributed by atoms with Crippen molar-refractivity contribution in [1.29, 1.82) is 0 Å². The molecule has 0 saturated heterocycles. The number of nitrogens with one attached hydrogen (secondary N) is 3. The number of benzene rings is 1. The van der Waals surface area contributed by atoms with E-state index >= 15 is 0 Å². The van der Waals surface area contributed by atoms with Gasteiger partial charge in [-0.1, -0.05) is 30.3 Å². The SMILES string of the molecule is CCOC(=O)C(Cc1ccccc1)NC(=O)CNC(=O)CNC=O. The lowest BCUT2D eigenvalue weighted by molar-refractivity contribution is -0.147. The summed E-state index contributed by atoms with van der Waals surface area (Å²) in [6.07, 6.45) is 0.669. The first-order chi connectivity index (χ1) is 11.6. The number of ether oxygens (including phenoxy) is 1. The summed E-state index contributed by atoms with van der Waals surface area (Å²) in [4.78, 5) is 45.3. The third kappa shape index (κ3) is 7.39. The van der Waals surface area contributed by atoms with Crippen LogP contribution in [-0.4, -0.2) is 49.9 Å². The maximum absolute atomic E-state index is 12.0. The predicted molar refractivity (Wildman–Crippen MR) is 85.8 cm³/mol. The summed E-state index contributed by atoms with van der Waals surface area (Å²) in [7, 11) is 0. The van der Waals surface area contributed by atoms with E-state index in [4.69, 9.17) is 4.74 Å². The molecule has 130 valence electrons. The van der Waals surface area contributed by atoms with E-state index in [0.717, 1.165) is 5.56 Å². The molecule has 3 N–H and O–H groups in total. The summed E-state index contributed by atoms with van der Waals surface area (Å²) >= 11 is 0. The number of hydrogen-bond donors (Lipinski definition) is 3. The van der Waals surface area contributed by atoms with Crippen molar-refractivity contribution in [2.75, 3.05) is 19.7 Å². The van der Waals surface area contributed by atoms with Gasteiger partial charge in [0.25, 0.3) is 0 Å². The summed E-state index contributed by atoms with van der Waals surface area (Å²) < 4.78 is 4.97. The first kappa shape index (κ1) is 19.1. The molecule has 1 rings (SSSR count). The van der Waals surface area contributed by atoms with E-state index in [1.807, 2.05) is 30.3 Å². The molecule has 8 nitrogen and oxygen atoms in total. The van der Waals surface area contributed by atoms with Crippen molar-refractivity contribution < 1.29 is 23.9 Å². The summed E-state index contributed by atoms with van der Waals surface area (Å²) in [5.41, 5.74) is 0.870. The summed E-state index contributed by atoms with van der Waals surface area (Å²) in [5, 5.41) is 7.06. The Bertz CT molecular complexity index is 562. The van der Waals surface area contributed by atoms with Gasteiger partial charge in [0.05, 0.1) is 19.7 Å². The van der Waals surface area contributed by atoms with Crippen molar-refractivity contribution in [2.24, 2.45) is 0 Å². The molecule has 3 amide bonds. The Hall–Kier alpha value is -2.90. The Morgan fingerprint density at radius 3 is 2.46 bits per heavy atom. The standard InChI is InChI=1S/C16H21N3O5/c1-2-24-16(23)13(8-12-6-4-3-5-7-12)19-15(22)10-18-14(21)9-17-11-20/h3-7,11,13H,2,8-10H2,1H3,(H,17,20)(H,18,21)(H,19,22). The summed E-state index contributed by atoms with van der Waals surface area (Å²) in [5.74, 6) is -1.57. The van der Waals surface area contributed by atoms with Crippen molar-refractivity contribution in [3.05, 3.63) is 35.9 Å². The molecule has 0 aliphatic heterocycles. The second kappa shape index (κ2) is 10.8. The van der Waals surface area contributed by atoms with Crippen LogP contribution in [0.25, 0.3) is 0 Å². The quantitative estimate of drug-likeness (QED) is 0.380. The average Bonchev–Trinajstić information content (AvgIpc) is 2.58. The topological polar surface area (TPSA) is 114 Å². The van der Waals surface area contributed by atoms with Crippen LogP contribution in [0.1, 0.15) is 12.5 Å². The van der Waals surface area contributed by atoms with Crippen molar-refractivity contribution in [2.45, 2.75) is 19.4 Å². The fourth-order valence-corrected chi connectivity index (χ4v) is 1.91. The number of hydrogen-bond acceptors (Lipinski definition) is 5. The van der Waals surface area contributed by atoms with E-state index in [2.05, 4.69) is 16.0 Å². The van der Waals surface area contributed by atoms with Crippen LogP contribution in [0, 0.1) is 0 Å². The van der Waals surface area contributed by atoms with E-state index in [0.29, 0.717) is 6.41 Å². The molecular weight excluding hydrogens is 314 g/mol. The van der Waals surface area contributed by atoms with E-state index in [9.17, 15) is 19.2 Å². The molecule has 24 heavy (non-hydrogen) atoms. The zero-order valence-corrected chi connectivity index (χ0v) is 13.4. The number of carbonyl (C=O) groups excluding carboxylic acids is 4. The van der Waals surface area contributed by atoms with Crippen LogP contribution >= 0.6 is 0 Å². The minimum atomic E-state index is -0.843. The van der Waals surface area contributed by atoms with Gasteiger partial charge in [-0.15, -0.1) is 0 Å². The Morgan fingerprint density at radius 2 is 1.83 bits per heavy atom. The number of rotatable bonds is 10. The molecule has 8 heteroatoms. The van der Waals surface area contributed by atoms with Gasteiger partial charge in [0.15, 0.2) is 0 Å². The smallest absolute Gasteiger partial charge is 0.328 e. The Labute approximate surface area is 139 Å². The highest BCUT2D eigenvalue weighted by atomic mass is 16.5. The first-order valence-electron chi connectivity index (χ1n) is 7.50. The first-order valence-corrected chi connectivity index (χ1v) is 7.50. The van der Waals surface area contributed by atoms with Crippen molar-refractivity contribution in [3.63, 3.8) is 0 Å². The fraction of sp³-hybridized carbons (Fsp3) is 0.375. The normalized spacial score (nSPS) is 11.0. The fourth-order valence-electron chi connectivity index (χ4n) is 1.91. The highest BCUT2D eigenvalue weighted by Crippen LogP contribution is 2.04. The minimum absolute atomic E-state index is 0.202. The average molecular weight is 335 g/mol. The van der Waals surface area contributed by atoms with Crippen molar-refractivity contribution in [3.8, 4) is 0 Å². The van der Waals surface area contributed by atoms with Gasteiger partial charge in [-0.05, 0) is 12.5 Å². The predicted octanol–water partition coefficient (Wildman–Crippen LogP) is -0.861. The molecule has 0 radical (unpaired) electrons.